The molecule has 0 N–H and O–H groups in total. The largest absolute Gasteiger partial charge is 0.488 e. The minimum absolute atomic E-state index is 0.0459. The summed E-state index contributed by atoms with van der Waals surface area (Å²) in [6.45, 7) is 10.2. The molecule has 1 aromatic carbocycles. The van der Waals surface area contributed by atoms with E-state index in [1.165, 1.54) is 0 Å². The van der Waals surface area contributed by atoms with Gasteiger partial charge in [0.15, 0.2) is 0 Å². The van der Waals surface area contributed by atoms with Gasteiger partial charge >= 0.3 is 0 Å². The van der Waals surface area contributed by atoms with Crippen molar-refractivity contribution < 1.29 is 4.74 Å². The predicted molar refractivity (Wildman–Crippen MR) is 66.1 cm³/mol. The van der Waals surface area contributed by atoms with Crippen molar-refractivity contribution in [2.75, 3.05) is 0 Å². The third-order valence-electron chi connectivity index (χ3n) is 2.98. The Morgan fingerprint density at radius 1 is 1.20 bits per heavy atom. The molecule has 1 nitrogen and oxygen atoms in total. The van der Waals surface area contributed by atoms with E-state index in [0.717, 1.165) is 24.2 Å². The van der Waals surface area contributed by atoms with Gasteiger partial charge in [0.25, 0.3) is 0 Å². The van der Waals surface area contributed by atoms with Crippen molar-refractivity contribution in [3.63, 3.8) is 0 Å². The Labute approximate surface area is 92.8 Å². The fourth-order valence-corrected chi connectivity index (χ4v) is 1.35. The molecule has 0 saturated heterocycles. The summed E-state index contributed by atoms with van der Waals surface area (Å²) in [5.41, 5.74) is 1.08. The van der Waals surface area contributed by atoms with E-state index in [9.17, 15) is 0 Å². The molecule has 1 heteroatoms. The maximum Gasteiger partial charge on any atom is 0.120 e. The molecule has 15 heavy (non-hydrogen) atoms. The molecule has 0 amide bonds. The fourth-order valence-electron chi connectivity index (χ4n) is 1.35. The zero-order chi connectivity index (χ0) is 11.3. The lowest BCUT2D eigenvalue weighted by molar-refractivity contribution is 0.0803. The molecule has 0 unspecified atom stereocenters. The Hall–Kier alpha value is -1.24. The van der Waals surface area contributed by atoms with Gasteiger partial charge in [-0.15, -0.1) is 0 Å². The Bertz CT molecular complexity index is 307. The summed E-state index contributed by atoms with van der Waals surface area (Å²) in [5, 5.41) is 0. The van der Waals surface area contributed by atoms with Crippen molar-refractivity contribution in [3.05, 3.63) is 36.4 Å². The van der Waals surface area contributed by atoms with E-state index in [4.69, 9.17) is 4.74 Å². The van der Waals surface area contributed by atoms with Crippen molar-refractivity contribution in [2.24, 2.45) is 0 Å². The first-order valence-corrected chi connectivity index (χ1v) is 5.55. The highest BCUT2D eigenvalue weighted by molar-refractivity contribution is 5.48. The fraction of sp³-hybridized carbons (Fsp3) is 0.429. The van der Waals surface area contributed by atoms with Crippen LogP contribution in [0.3, 0.4) is 0 Å². The summed E-state index contributed by atoms with van der Waals surface area (Å²) in [6.07, 6.45) is 3.88. The third kappa shape index (κ3) is 3.12. The second-order valence-electron chi connectivity index (χ2n) is 4.03. The third-order valence-corrected chi connectivity index (χ3v) is 2.98. The van der Waals surface area contributed by atoms with Crippen LogP contribution in [0.15, 0.2) is 30.8 Å². The van der Waals surface area contributed by atoms with Gasteiger partial charge in [0.2, 0.25) is 0 Å². The zero-order valence-electron chi connectivity index (χ0n) is 9.92. The van der Waals surface area contributed by atoms with Crippen molar-refractivity contribution in [1.82, 2.24) is 0 Å². The number of benzene rings is 1. The van der Waals surface area contributed by atoms with Crippen LogP contribution in [0.2, 0.25) is 0 Å². The van der Waals surface area contributed by atoms with Gasteiger partial charge < -0.3 is 4.74 Å². The van der Waals surface area contributed by atoms with Crippen LogP contribution in [-0.2, 0) is 0 Å². The minimum atomic E-state index is -0.0459. The van der Waals surface area contributed by atoms with Crippen molar-refractivity contribution in [1.29, 1.82) is 0 Å². The minimum Gasteiger partial charge on any atom is -0.488 e. The normalized spacial score (nSPS) is 11.1. The first kappa shape index (κ1) is 11.8. The molecule has 0 aromatic heterocycles. The molecule has 0 atom stereocenters. The smallest absolute Gasteiger partial charge is 0.120 e. The highest BCUT2D eigenvalue weighted by atomic mass is 16.5. The SMILES string of the molecule is C=Cc1ccc(OC(C)(CC)CC)cc1. The molecule has 1 aromatic rings. The second kappa shape index (κ2) is 5.01. The van der Waals surface area contributed by atoms with Crippen LogP contribution in [-0.4, -0.2) is 5.60 Å². The zero-order valence-corrected chi connectivity index (χ0v) is 9.92. The quantitative estimate of drug-likeness (QED) is 0.695. The molecule has 0 fully saturated rings. The lowest BCUT2D eigenvalue weighted by Crippen LogP contribution is -2.30. The topological polar surface area (TPSA) is 9.23 Å². The van der Waals surface area contributed by atoms with Gasteiger partial charge in [-0.3, -0.25) is 0 Å². The molecule has 0 heterocycles. The van der Waals surface area contributed by atoms with Crippen LogP contribution in [0.5, 0.6) is 5.75 Å². The number of ether oxygens (including phenoxy) is 1. The lowest BCUT2D eigenvalue weighted by Gasteiger charge is -2.28. The Balaban J connectivity index is 2.76. The van der Waals surface area contributed by atoms with Gasteiger partial charge in [0, 0.05) is 0 Å². The summed E-state index contributed by atoms with van der Waals surface area (Å²) in [6, 6.07) is 8.04. The van der Waals surface area contributed by atoms with Crippen molar-refractivity contribution in [3.8, 4) is 5.75 Å². The summed E-state index contributed by atoms with van der Waals surface area (Å²) in [5.74, 6) is 0.937. The van der Waals surface area contributed by atoms with E-state index >= 15 is 0 Å². The molecular formula is C14H20O. The van der Waals surface area contributed by atoms with Gasteiger partial charge in [-0.2, -0.15) is 0 Å². The molecule has 0 aliphatic carbocycles. The van der Waals surface area contributed by atoms with Crippen LogP contribution < -0.4 is 4.74 Å². The first-order chi connectivity index (χ1) is 7.13. The van der Waals surface area contributed by atoms with Crippen LogP contribution >= 0.6 is 0 Å². The molecular weight excluding hydrogens is 184 g/mol. The molecule has 0 spiro atoms. The van der Waals surface area contributed by atoms with Gasteiger partial charge in [0.1, 0.15) is 11.4 Å². The van der Waals surface area contributed by atoms with Gasteiger partial charge in [0.05, 0.1) is 0 Å². The van der Waals surface area contributed by atoms with E-state index < -0.39 is 0 Å². The summed E-state index contributed by atoms with van der Waals surface area (Å²) in [4.78, 5) is 0. The van der Waals surface area contributed by atoms with Crippen LogP contribution in [0, 0.1) is 0 Å². The first-order valence-electron chi connectivity index (χ1n) is 5.55. The average molecular weight is 204 g/mol. The number of hydrogen-bond acceptors (Lipinski definition) is 1. The average Bonchev–Trinajstić information content (AvgIpc) is 2.30. The van der Waals surface area contributed by atoms with E-state index in [1.54, 1.807) is 0 Å². The Morgan fingerprint density at radius 2 is 1.73 bits per heavy atom. The number of hydrogen-bond donors (Lipinski definition) is 0. The molecule has 0 saturated carbocycles. The molecule has 0 aliphatic rings. The highest BCUT2D eigenvalue weighted by Gasteiger charge is 2.21. The van der Waals surface area contributed by atoms with E-state index in [2.05, 4.69) is 27.4 Å². The Kier molecular flexibility index (Phi) is 3.96. The monoisotopic (exact) mass is 204 g/mol. The van der Waals surface area contributed by atoms with Gasteiger partial charge in [-0.1, -0.05) is 38.6 Å². The van der Waals surface area contributed by atoms with Crippen molar-refractivity contribution in [2.45, 2.75) is 39.2 Å². The van der Waals surface area contributed by atoms with Gasteiger partial charge in [-0.05, 0) is 37.5 Å². The molecule has 0 aliphatic heterocycles. The van der Waals surface area contributed by atoms with E-state index in [-0.39, 0.29) is 5.60 Å². The van der Waals surface area contributed by atoms with Crippen LogP contribution in [0.1, 0.15) is 39.2 Å². The van der Waals surface area contributed by atoms with E-state index in [1.807, 2.05) is 30.3 Å². The summed E-state index contributed by atoms with van der Waals surface area (Å²) >= 11 is 0. The predicted octanol–water partition coefficient (Wildman–Crippen LogP) is 4.29. The van der Waals surface area contributed by atoms with Gasteiger partial charge in [-0.25, -0.2) is 0 Å². The standard InChI is InChI=1S/C14H20O/c1-5-12-8-10-13(11-9-12)15-14(4,6-2)7-3/h5,8-11H,1,6-7H2,2-4H3. The molecule has 0 bridgehead atoms. The van der Waals surface area contributed by atoms with Crippen molar-refractivity contribution >= 4 is 6.08 Å². The van der Waals surface area contributed by atoms with Crippen LogP contribution in [0.25, 0.3) is 6.08 Å². The van der Waals surface area contributed by atoms with Crippen LogP contribution in [0.4, 0.5) is 0 Å². The maximum absolute atomic E-state index is 5.97. The maximum atomic E-state index is 5.97. The molecule has 82 valence electrons. The summed E-state index contributed by atoms with van der Waals surface area (Å²) < 4.78 is 5.97. The summed E-state index contributed by atoms with van der Waals surface area (Å²) in [7, 11) is 0. The molecule has 0 radical (unpaired) electrons. The molecule has 1 rings (SSSR count). The second-order valence-corrected chi connectivity index (χ2v) is 4.03. The van der Waals surface area contributed by atoms with E-state index in [0.29, 0.717) is 0 Å². The lowest BCUT2D eigenvalue weighted by atomic mass is 10.00. The highest BCUT2D eigenvalue weighted by Crippen LogP contribution is 2.24. The number of rotatable bonds is 5. The Morgan fingerprint density at radius 3 is 2.13 bits per heavy atom.